The van der Waals surface area contributed by atoms with Gasteiger partial charge >= 0.3 is 0 Å². The summed E-state index contributed by atoms with van der Waals surface area (Å²) < 4.78 is 37.5. The first-order valence-corrected chi connectivity index (χ1v) is 4.37. The number of halogens is 5. The topological polar surface area (TPSA) is 26.0 Å². The fourth-order valence-electron chi connectivity index (χ4n) is 1.17. The Hall–Kier alpha value is -0.450. The Labute approximate surface area is 96.8 Å². The highest BCUT2D eigenvalue weighted by Crippen LogP contribution is 2.29. The third-order valence-electron chi connectivity index (χ3n) is 1.92. The largest absolute Gasteiger partial charge is 0.330 e. The van der Waals surface area contributed by atoms with Crippen LogP contribution in [0.4, 0.5) is 13.2 Å². The molecule has 0 bridgehead atoms. The van der Waals surface area contributed by atoms with Crippen molar-refractivity contribution in [2.24, 2.45) is 5.73 Å². The summed E-state index contributed by atoms with van der Waals surface area (Å²) >= 11 is 5.62. The molecular formula is C9H10Cl2F3N. The van der Waals surface area contributed by atoms with Crippen LogP contribution < -0.4 is 5.73 Å². The lowest BCUT2D eigenvalue weighted by molar-refractivity contribution is 0.117. The number of nitrogens with two attached hydrogens (primary N) is 1. The van der Waals surface area contributed by atoms with Crippen molar-refractivity contribution < 1.29 is 13.2 Å². The number of hydrogen-bond acceptors (Lipinski definition) is 1. The van der Waals surface area contributed by atoms with Gasteiger partial charge in [-0.1, -0.05) is 17.7 Å². The van der Waals surface area contributed by atoms with Gasteiger partial charge in [0.25, 0.3) is 0 Å². The lowest BCUT2D eigenvalue weighted by Crippen LogP contribution is -2.20. The molecule has 1 atom stereocenters. The molecule has 1 rings (SSSR count). The van der Waals surface area contributed by atoms with Crippen LogP contribution in [0.5, 0.6) is 0 Å². The lowest BCUT2D eigenvalue weighted by Gasteiger charge is -2.15. The molecule has 15 heavy (non-hydrogen) atoms. The van der Waals surface area contributed by atoms with E-state index in [0.717, 1.165) is 12.1 Å². The Kier molecular flexibility index (Phi) is 6.02. The van der Waals surface area contributed by atoms with E-state index >= 15 is 0 Å². The Bertz CT molecular complexity index is 320. The SMILES string of the molecule is Cl.NCC(c1ccc(F)cc1Cl)C(F)F. The summed E-state index contributed by atoms with van der Waals surface area (Å²) in [4.78, 5) is 0. The van der Waals surface area contributed by atoms with Crippen molar-refractivity contribution in [3.63, 3.8) is 0 Å². The van der Waals surface area contributed by atoms with Gasteiger partial charge in [0.15, 0.2) is 0 Å². The fourth-order valence-corrected chi connectivity index (χ4v) is 1.48. The van der Waals surface area contributed by atoms with Crippen LogP contribution in [0, 0.1) is 5.82 Å². The van der Waals surface area contributed by atoms with Gasteiger partial charge in [-0.25, -0.2) is 13.2 Å². The van der Waals surface area contributed by atoms with E-state index < -0.39 is 18.2 Å². The summed E-state index contributed by atoms with van der Waals surface area (Å²) in [6, 6.07) is 3.33. The molecule has 6 heteroatoms. The average Bonchev–Trinajstić information content (AvgIpc) is 2.09. The lowest BCUT2D eigenvalue weighted by atomic mass is 10.00. The van der Waals surface area contributed by atoms with Gasteiger partial charge in [0.1, 0.15) is 5.82 Å². The van der Waals surface area contributed by atoms with Gasteiger partial charge in [0, 0.05) is 11.6 Å². The Morgan fingerprint density at radius 3 is 2.33 bits per heavy atom. The van der Waals surface area contributed by atoms with Crippen LogP contribution in [0.15, 0.2) is 18.2 Å². The van der Waals surface area contributed by atoms with Crippen LogP contribution in [0.1, 0.15) is 11.5 Å². The minimum Gasteiger partial charge on any atom is -0.330 e. The smallest absolute Gasteiger partial charge is 0.246 e. The molecule has 2 N–H and O–H groups in total. The molecule has 1 nitrogen and oxygen atoms in total. The van der Waals surface area contributed by atoms with Crippen LogP contribution in [-0.4, -0.2) is 13.0 Å². The van der Waals surface area contributed by atoms with Crippen molar-refractivity contribution in [1.82, 2.24) is 0 Å². The molecule has 1 aromatic carbocycles. The zero-order valence-corrected chi connectivity index (χ0v) is 9.16. The van der Waals surface area contributed by atoms with Crippen molar-refractivity contribution in [2.45, 2.75) is 12.3 Å². The molecule has 0 aliphatic rings. The molecule has 0 amide bonds. The van der Waals surface area contributed by atoms with Crippen LogP contribution in [0.2, 0.25) is 5.02 Å². The number of alkyl halides is 2. The molecule has 0 radical (unpaired) electrons. The first kappa shape index (κ1) is 14.6. The molecule has 0 saturated heterocycles. The van der Waals surface area contributed by atoms with Crippen molar-refractivity contribution in [1.29, 1.82) is 0 Å². The molecule has 0 aliphatic carbocycles. The quantitative estimate of drug-likeness (QED) is 0.887. The summed E-state index contributed by atoms with van der Waals surface area (Å²) in [7, 11) is 0. The van der Waals surface area contributed by atoms with E-state index in [-0.39, 0.29) is 29.5 Å². The number of hydrogen-bond donors (Lipinski definition) is 1. The maximum absolute atomic E-state index is 12.6. The molecule has 0 fully saturated rings. The van der Waals surface area contributed by atoms with Crippen LogP contribution in [0.3, 0.4) is 0 Å². The number of rotatable bonds is 3. The van der Waals surface area contributed by atoms with Gasteiger partial charge < -0.3 is 5.73 Å². The molecule has 1 unspecified atom stereocenters. The first-order chi connectivity index (χ1) is 6.56. The predicted octanol–water partition coefficient (Wildman–Crippen LogP) is 3.21. The molecule has 0 aliphatic heterocycles. The fraction of sp³-hybridized carbons (Fsp3) is 0.333. The maximum atomic E-state index is 12.6. The third-order valence-corrected chi connectivity index (χ3v) is 2.25. The summed E-state index contributed by atoms with van der Waals surface area (Å²) in [6.07, 6.45) is -2.59. The summed E-state index contributed by atoms with van der Waals surface area (Å²) in [6.45, 7) is -0.219. The third kappa shape index (κ3) is 3.55. The zero-order chi connectivity index (χ0) is 10.7. The van der Waals surface area contributed by atoms with Gasteiger partial charge in [-0.05, 0) is 17.7 Å². The normalized spacial score (nSPS) is 12.4. The average molecular weight is 260 g/mol. The van der Waals surface area contributed by atoms with E-state index in [1.165, 1.54) is 6.07 Å². The van der Waals surface area contributed by atoms with Gasteiger partial charge in [0.2, 0.25) is 6.43 Å². The monoisotopic (exact) mass is 259 g/mol. The molecule has 86 valence electrons. The summed E-state index contributed by atoms with van der Waals surface area (Å²) in [5, 5.41) is -0.0132. The van der Waals surface area contributed by atoms with Crippen molar-refractivity contribution in [3.8, 4) is 0 Å². The van der Waals surface area contributed by atoms with Crippen LogP contribution in [0.25, 0.3) is 0 Å². The molecular weight excluding hydrogens is 250 g/mol. The minimum absolute atomic E-state index is 0. The van der Waals surface area contributed by atoms with E-state index in [0.29, 0.717) is 0 Å². The van der Waals surface area contributed by atoms with Crippen molar-refractivity contribution >= 4 is 24.0 Å². The zero-order valence-electron chi connectivity index (χ0n) is 7.59. The standard InChI is InChI=1S/C9H9ClF3N.ClH/c10-8-3-5(11)1-2-6(8)7(4-14)9(12)13;/h1-3,7,9H,4,14H2;1H. The van der Waals surface area contributed by atoms with Crippen LogP contribution >= 0.6 is 24.0 Å². The van der Waals surface area contributed by atoms with E-state index in [9.17, 15) is 13.2 Å². The van der Waals surface area contributed by atoms with Gasteiger partial charge in [-0.15, -0.1) is 12.4 Å². The highest BCUT2D eigenvalue weighted by atomic mass is 35.5. The van der Waals surface area contributed by atoms with E-state index in [4.69, 9.17) is 17.3 Å². The van der Waals surface area contributed by atoms with E-state index in [2.05, 4.69) is 0 Å². The van der Waals surface area contributed by atoms with Crippen LogP contribution in [-0.2, 0) is 0 Å². The second-order valence-corrected chi connectivity index (χ2v) is 3.25. The van der Waals surface area contributed by atoms with Gasteiger partial charge in [-0.2, -0.15) is 0 Å². The molecule has 0 saturated carbocycles. The Balaban J connectivity index is 0.00000196. The molecule has 0 heterocycles. The van der Waals surface area contributed by atoms with E-state index in [1.54, 1.807) is 0 Å². The summed E-state index contributed by atoms with van der Waals surface area (Å²) in [5.74, 6) is -1.69. The molecule has 0 aromatic heterocycles. The van der Waals surface area contributed by atoms with Gasteiger partial charge in [-0.3, -0.25) is 0 Å². The highest BCUT2D eigenvalue weighted by molar-refractivity contribution is 6.31. The molecule has 1 aromatic rings. The summed E-state index contributed by atoms with van der Waals surface area (Å²) in [5.41, 5.74) is 5.37. The second kappa shape index (κ2) is 6.20. The first-order valence-electron chi connectivity index (χ1n) is 3.99. The Morgan fingerprint density at radius 1 is 1.33 bits per heavy atom. The van der Waals surface area contributed by atoms with E-state index in [1.807, 2.05) is 0 Å². The predicted molar refractivity (Wildman–Crippen MR) is 56.5 cm³/mol. The maximum Gasteiger partial charge on any atom is 0.246 e. The van der Waals surface area contributed by atoms with Gasteiger partial charge in [0.05, 0.1) is 5.92 Å². The highest BCUT2D eigenvalue weighted by Gasteiger charge is 2.23. The Morgan fingerprint density at radius 2 is 1.93 bits per heavy atom. The van der Waals surface area contributed by atoms with Crippen molar-refractivity contribution in [3.05, 3.63) is 34.6 Å². The molecule has 0 spiro atoms. The van der Waals surface area contributed by atoms with Crippen molar-refractivity contribution in [2.75, 3.05) is 6.54 Å². The number of benzene rings is 1. The minimum atomic E-state index is -2.59. The second-order valence-electron chi connectivity index (χ2n) is 2.84.